The Morgan fingerprint density at radius 2 is 0.750 bits per heavy atom. The predicted molar refractivity (Wildman–Crippen MR) is 283 cm³/mol. The summed E-state index contributed by atoms with van der Waals surface area (Å²) >= 11 is 0. The van der Waals surface area contributed by atoms with Crippen LogP contribution in [0.5, 0.6) is 0 Å². The third-order valence-electron chi connectivity index (χ3n) is 13.3. The highest BCUT2D eigenvalue weighted by Crippen LogP contribution is 2.42. The van der Waals surface area contributed by atoms with Gasteiger partial charge in [-0.25, -0.2) is 9.97 Å². The van der Waals surface area contributed by atoms with Crippen LogP contribution < -0.4 is 0 Å². The van der Waals surface area contributed by atoms with Crippen LogP contribution in [0.2, 0.25) is 0 Å². The van der Waals surface area contributed by atoms with E-state index in [9.17, 15) is 0 Å². The van der Waals surface area contributed by atoms with Crippen molar-refractivity contribution in [2.45, 2.75) is 0 Å². The van der Waals surface area contributed by atoms with Crippen LogP contribution in [0.1, 0.15) is 0 Å². The molecule has 0 N–H and O–H groups in total. The van der Waals surface area contributed by atoms with Crippen LogP contribution in [0.25, 0.3) is 122 Å². The van der Waals surface area contributed by atoms with Gasteiger partial charge < -0.3 is 9.13 Å². The molecule has 13 rings (SSSR count). The maximum absolute atomic E-state index is 5.54. The molecule has 68 heavy (non-hydrogen) atoms. The van der Waals surface area contributed by atoms with E-state index in [2.05, 4.69) is 264 Å². The van der Waals surface area contributed by atoms with E-state index in [4.69, 9.17) is 9.97 Å². The van der Waals surface area contributed by atoms with E-state index in [1.54, 1.807) is 0 Å². The van der Waals surface area contributed by atoms with Crippen LogP contribution >= 0.6 is 0 Å². The molecule has 0 aliphatic carbocycles. The van der Waals surface area contributed by atoms with Crippen molar-refractivity contribution in [3.05, 3.63) is 255 Å². The third-order valence-corrected chi connectivity index (χ3v) is 13.3. The van der Waals surface area contributed by atoms with Crippen molar-refractivity contribution in [2.24, 2.45) is 0 Å². The second kappa shape index (κ2) is 16.4. The molecule has 13 aromatic rings. The molecule has 10 aromatic carbocycles. The molecule has 4 heteroatoms. The molecular weight excluding hydrogens is 825 g/mol. The number of hydrogen-bond acceptors (Lipinski definition) is 2. The normalized spacial score (nSPS) is 11.5. The lowest BCUT2D eigenvalue weighted by molar-refractivity contribution is 1.15. The number of hydrogen-bond donors (Lipinski definition) is 0. The summed E-state index contributed by atoms with van der Waals surface area (Å²) < 4.78 is 4.72. The summed E-state index contributed by atoms with van der Waals surface area (Å²) in [5.41, 5.74) is 19.7. The first-order valence-corrected chi connectivity index (χ1v) is 23.2. The van der Waals surface area contributed by atoms with E-state index in [1.807, 2.05) is 0 Å². The third kappa shape index (κ3) is 6.69. The molecule has 0 spiro atoms. The summed E-state index contributed by atoms with van der Waals surface area (Å²) in [6.45, 7) is 0. The second-order valence-electron chi connectivity index (χ2n) is 17.4. The minimum Gasteiger partial charge on any atom is -0.309 e. The highest BCUT2D eigenvalue weighted by molar-refractivity contribution is 6.17. The smallest absolute Gasteiger partial charge is 0.160 e. The van der Waals surface area contributed by atoms with Crippen LogP contribution in [0.4, 0.5) is 0 Å². The molecule has 0 saturated heterocycles. The molecule has 0 radical (unpaired) electrons. The van der Waals surface area contributed by atoms with Crippen LogP contribution in [-0.4, -0.2) is 19.1 Å². The zero-order chi connectivity index (χ0) is 45.0. The van der Waals surface area contributed by atoms with Gasteiger partial charge in [-0.1, -0.05) is 188 Å². The van der Waals surface area contributed by atoms with Crippen molar-refractivity contribution < 1.29 is 0 Å². The van der Waals surface area contributed by atoms with Gasteiger partial charge in [-0.05, 0) is 111 Å². The van der Waals surface area contributed by atoms with E-state index >= 15 is 0 Å². The summed E-state index contributed by atoms with van der Waals surface area (Å²) in [4.78, 5) is 11.0. The van der Waals surface area contributed by atoms with Gasteiger partial charge in [-0.2, -0.15) is 0 Å². The summed E-state index contributed by atoms with van der Waals surface area (Å²) in [5, 5.41) is 3.53. The topological polar surface area (TPSA) is 35.6 Å². The fourth-order valence-electron chi connectivity index (χ4n) is 10.2. The van der Waals surface area contributed by atoms with Gasteiger partial charge in [0.25, 0.3) is 0 Å². The molecule has 0 fully saturated rings. The number of rotatable bonds is 8. The number of para-hydroxylation sites is 3. The monoisotopic (exact) mass is 866 g/mol. The minimum absolute atomic E-state index is 0.680. The Morgan fingerprint density at radius 3 is 1.44 bits per heavy atom. The largest absolute Gasteiger partial charge is 0.309 e. The van der Waals surface area contributed by atoms with E-state index in [0.29, 0.717) is 5.82 Å². The lowest BCUT2D eigenvalue weighted by Gasteiger charge is -2.13. The maximum Gasteiger partial charge on any atom is 0.160 e. The molecule has 3 aromatic heterocycles. The van der Waals surface area contributed by atoms with Crippen molar-refractivity contribution in [1.29, 1.82) is 0 Å². The molecule has 0 unspecified atom stereocenters. The van der Waals surface area contributed by atoms with Gasteiger partial charge in [0, 0.05) is 38.7 Å². The molecule has 0 aliphatic heterocycles. The Labute approximate surface area is 394 Å². The van der Waals surface area contributed by atoms with Crippen LogP contribution in [-0.2, 0) is 0 Å². The summed E-state index contributed by atoms with van der Waals surface area (Å²) in [6, 6.07) is 91.1. The average Bonchev–Trinajstić information content (AvgIpc) is 3.94. The summed E-state index contributed by atoms with van der Waals surface area (Å²) in [6.07, 6.45) is 0. The van der Waals surface area contributed by atoms with Gasteiger partial charge >= 0.3 is 0 Å². The Bertz CT molecular complexity index is 4000. The molecule has 318 valence electrons. The van der Waals surface area contributed by atoms with E-state index in [-0.39, 0.29) is 0 Å². The first kappa shape index (κ1) is 39.3. The van der Waals surface area contributed by atoms with Gasteiger partial charge in [0.2, 0.25) is 0 Å². The SMILES string of the molecule is c1ccc(-c2cccc(-c3nc(-c4cccc(-c5cccc(-c6cccc7c6c6cc(-c8ccccc8)ccc6n7-c6ccccc6)c5)c4)nc4c5ccccc5n(-c5ccccc5)c34)c2)cc1. The number of aromatic nitrogens is 4. The molecule has 0 saturated carbocycles. The molecule has 0 aliphatic rings. The van der Waals surface area contributed by atoms with Gasteiger partial charge in [0.1, 0.15) is 5.52 Å². The summed E-state index contributed by atoms with van der Waals surface area (Å²) in [5.74, 6) is 0.680. The highest BCUT2D eigenvalue weighted by atomic mass is 15.0. The van der Waals surface area contributed by atoms with Gasteiger partial charge in [0.05, 0.1) is 27.8 Å². The van der Waals surface area contributed by atoms with Crippen LogP contribution in [0.15, 0.2) is 255 Å². The molecule has 0 atom stereocenters. The van der Waals surface area contributed by atoms with Crippen LogP contribution in [0, 0.1) is 0 Å². The minimum atomic E-state index is 0.680. The van der Waals surface area contributed by atoms with Gasteiger partial charge in [-0.3, -0.25) is 0 Å². The fourth-order valence-corrected chi connectivity index (χ4v) is 10.2. The van der Waals surface area contributed by atoms with Crippen molar-refractivity contribution in [1.82, 2.24) is 19.1 Å². The van der Waals surface area contributed by atoms with Crippen molar-refractivity contribution in [3.63, 3.8) is 0 Å². The summed E-state index contributed by atoms with van der Waals surface area (Å²) in [7, 11) is 0. The number of benzene rings is 10. The first-order valence-electron chi connectivity index (χ1n) is 23.2. The standard InChI is InChI=1S/C64H42N4/c1-5-19-43(20-6-1)45-23-16-27-50(40-45)61-63-62(55-33-13-14-35-57(55)68(63)53-31-11-4-12-32-53)66-64(65-61)51-28-17-25-47(41-51)46-24-15-26-49(39-46)54-34-18-36-59-60(54)56-42-48(44-21-7-2-8-22-44)37-38-58(56)67(59)52-29-9-3-10-30-52/h1-42H. The molecule has 0 amide bonds. The number of fused-ring (bicyclic) bond motifs is 6. The predicted octanol–water partition coefficient (Wildman–Crippen LogP) is 16.7. The molecule has 3 heterocycles. The first-order chi connectivity index (χ1) is 33.7. The maximum atomic E-state index is 5.54. The van der Waals surface area contributed by atoms with Crippen molar-refractivity contribution in [2.75, 3.05) is 0 Å². The Hall–Kier alpha value is -9.12. The lowest BCUT2D eigenvalue weighted by Crippen LogP contribution is -2.00. The zero-order valence-electron chi connectivity index (χ0n) is 37.0. The van der Waals surface area contributed by atoms with E-state index in [1.165, 1.54) is 38.5 Å². The van der Waals surface area contributed by atoms with Gasteiger partial charge in [-0.15, -0.1) is 0 Å². The Balaban J connectivity index is 0.977. The molecule has 4 nitrogen and oxygen atoms in total. The van der Waals surface area contributed by atoms with Crippen LogP contribution in [0.3, 0.4) is 0 Å². The molecule has 0 bridgehead atoms. The highest BCUT2D eigenvalue weighted by Gasteiger charge is 2.22. The van der Waals surface area contributed by atoms with E-state index in [0.717, 1.165) is 77.9 Å². The van der Waals surface area contributed by atoms with Crippen molar-refractivity contribution in [3.8, 4) is 78.5 Å². The second-order valence-corrected chi connectivity index (χ2v) is 17.4. The van der Waals surface area contributed by atoms with Gasteiger partial charge in [0.15, 0.2) is 5.82 Å². The number of nitrogens with zero attached hydrogens (tertiary/aromatic N) is 4. The fraction of sp³-hybridized carbons (Fsp3) is 0. The zero-order valence-corrected chi connectivity index (χ0v) is 37.0. The van der Waals surface area contributed by atoms with Crippen molar-refractivity contribution >= 4 is 43.7 Å². The molecular formula is C64H42N4. The Morgan fingerprint density at radius 1 is 0.279 bits per heavy atom. The lowest BCUT2D eigenvalue weighted by atomic mass is 9.94. The van der Waals surface area contributed by atoms with E-state index < -0.39 is 0 Å². The quantitative estimate of drug-likeness (QED) is 0.153. The Kier molecular flexibility index (Phi) is 9.47. The average molecular weight is 867 g/mol.